The van der Waals surface area contributed by atoms with Gasteiger partial charge in [0.15, 0.2) is 5.13 Å². The average molecular weight is 398 g/mol. The Morgan fingerprint density at radius 1 is 1.07 bits per heavy atom. The summed E-state index contributed by atoms with van der Waals surface area (Å²) in [6, 6.07) is 13.6. The molecule has 0 fully saturated rings. The zero-order valence-electron chi connectivity index (χ0n) is 16.9. The molecule has 148 valence electrons. The number of rotatable bonds is 8. The zero-order chi connectivity index (χ0) is 20.1. The molecule has 0 radical (unpaired) electrons. The van der Waals surface area contributed by atoms with Gasteiger partial charge in [-0.1, -0.05) is 48.9 Å². The summed E-state index contributed by atoms with van der Waals surface area (Å²) in [5, 5.41) is 0.706. The van der Waals surface area contributed by atoms with Gasteiger partial charge in [0.25, 0.3) is 5.91 Å². The van der Waals surface area contributed by atoms with E-state index < -0.39 is 0 Å². The van der Waals surface area contributed by atoms with Crippen LogP contribution in [0.25, 0.3) is 10.2 Å². The van der Waals surface area contributed by atoms with Crippen LogP contribution in [0.3, 0.4) is 0 Å². The van der Waals surface area contributed by atoms with Crippen LogP contribution in [-0.2, 0) is 0 Å². The van der Waals surface area contributed by atoms with Gasteiger partial charge in [0.05, 0.1) is 11.8 Å². The molecule has 0 aliphatic heterocycles. The number of anilines is 1. The molecule has 1 aromatic heterocycles. The topological polar surface area (TPSA) is 45.7 Å². The molecule has 0 aliphatic carbocycles. The number of hydrogen-bond donors (Lipinski definition) is 0. The number of aryl methyl sites for hydroxylation is 1. The van der Waals surface area contributed by atoms with Crippen molar-refractivity contribution in [1.29, 1.82) is 0 Å². The zero-order valence-corrected chi connectivity index (χ0v) is 17.8. The number of thiazole rings is 1. The lowest BCUT2D eigenvalue weighted by Gasteiger charge is -2.24. The lowest BCUT2D eigenvalue weighted by molar-refractivity contribution is 0.0984. The molecule has 0 saturated carbocycles. The molecular weight excluding hydrogens is 370 g/mol. The summed E-state index contributed by atoms with van der Waals surface area (Å²) >= 11 is 1.52. The summed E-state index contributed by atoms with van der Waals surface area (Å²) in [4.78, 5) is 22.2. The largest absolute Gasteiger partial charge is 0.494 e. The number of nitrogens with zero attached hydrogens (tertiary/aromatic N) is 3. The van der Waals surface area contributed by atoms with Gasteiger partial charge in [-0.05, 0) is 44.3 Å². The summed E-state index contributed by atoms with van der Waals surface area (Å²) in [6.45, 7) is 9.60. The Balaban J connectivity index is 1.97. The Morgan fingerprint density at radius 3 is 2.43 bits per heavy atom. The van der Waals surface area contributed by atoms with Crippen LogP contribution in [-0.4, -0.2) is 49.1 Å². The fourth-order valence-corrected chi connectivity index (χ4v) is 4.12. The van der Waals surface area contributed by atoms with E-state index in [1.165, 1.54) is 11.3 Å². The van der Waals surface area contributed by atoms with Crippen molar-refractivity contribution in [2.75, 3.05) is 38.2 Å². The molecule has 0 atom stereocenters. The Morgan fingerprint density at radius 2 is 1.79 bits per heavy atom. The van der Waals surface area contributed by atoms with Crippen LogP contribution in [0, 0.1) is 6.92 Å². The van der Waals surface area contributed by atoms with Gasteiger partial charge in [0.2, 0.25) is 0 Å². The van der Waals surface area contributed by atoms with E-state index in [2.05, 4.69) is 18.7 Å². The first kappa shape index (κ1) is 20.3. The van der Waals surface area contributed by atoms with E-state index in [-0.39, 0.29) is 5.91 Å². The third-order valence-electron chi connectivity index (χ3n) is 4.90. The molecule has 1 heterocycles. The molecule has 0 bridgehead atoms. The Hall–Kier alpha value is -2.44. The molecule has 0 spiro atoms. The summed E-state index contributed by atoms with van der Waals surface area (Å²) in [7, 11) is 1.64. The Labute approximate surface area is 170 Å². The minimum absolute atomic E-state index is 0.0230. The third kappa shape index (κ3) is 4.34. The van der Waals surface area contributed by atoms with Crippen molar-refractivity contribution >= 4 is 32.6 Å². The van der Waals surface area contributed by atoms with E-state index in [4.69, 9.17) is 9.72 Å². The summed E-state index contributed by atoms with van der Waals surface area (Å²) in [5.41, 5.74) is 2.61. The summed E-state index contributed by atoms with van der Waals surface area (Å²) in [5.74, 6) is 0.705. The SMILES string of the molecule is CCN(CC)CCN(C(=O)c1ccc(C)cc1)c1nc2c(OC)cccc2s1. The number of hydrogen-bond acceptors (Lipinski definition) is 5. The second-order valence-corrected chi connectivity index (χ2v) is 7.66. The number of amides is 1. The molecule has 0 saturated heterocycles. The highest BCUT2D eigenvalue weighted by Gasteiger charge is 2.22. The van der Waals surface area contributed by atoms with Crippen LogP contribution in [0.5, 0.6) is 5.75 Å². The molecular formula is C22H27N3O2S. The van der Waals surface area contributed by atoms with Crippen LogP contribution in [0.2, 0.25) is 0 Å². The Bertz CT molecular complexity index is 933. The van der Waals surface area contributed by atoms with E-state index in [1.807, 2.05) is 49.4 Å². The van der Waals surface area contributed by atoms with E-state index in [0.29, 0.717) is 17.2 Å². The van der Waals surface area contributed by atoms with Gasteiger partial charge in [0.1, 0.15) is 11.3 Å². The highest BCUT2D eigenvalue weighted by molar-refractivity contribution is 7.22. The lowest BCUT2D eigenvalue weighted by Crippen LogP contribution is -2.38. The van der Waals surface area contributed by atoms with E-state index in [1.54, 1.807) is 12.0 Å². The number of fused-ring (bicyclic) bond motifs is 1. The van der Waals surface area contributed by atoms with Crippen molar-refractivity contribution in [3.8, 4) is 5.75 Å². The average Bonchev–Trinajstić information content (AvgIpc) is 3.15. The monoisotopic (exact) mass is 397 g/mol. The third-order valence-corrected chi connectivity index (χ3v) is 5.94. The minimum atomic E-state index is -0.0230. The van der Waals surface area contributed by atoms with Crippen molar-refractivity contribution in [2.45, 2.75) is 20.8 Å². The smallest absolute Gasteiger partial charge is 0.260 e. The molecule has 2 aromatic carbocycles. The van der Waals surface area contributed by atoms with Gasteiger partial charge in [-0.3, -0.25) is 9.69 Å². The van der Waals surface area contributed by atoms with Gasteiger partial charge < -0.3 is 9.64 Å². The van der Waals surface area contributed by atoms with Crippen LogP contribution in [0.4, 0.5) is 5.13 Å². The number of benzene rings is 2. The first-order chi connectivity index (χ1) is 13.6. The van der Waals surface area contributed by atoms with Crippen molar-refractivity contribution < 1.29 is 9.53 Å². The molecule has 6 heteroatoms. The van der Waals surface area contributed by atoms with Crippen LogP contribution in [0.15, 0.2) is 42.5 Å². The number of ether oxygens (including phenoxy) is 1. The molecule has 0 unspecified atom stereocenters. The lowest BCUT2D eigenvalue weighted by atomic mass is 10.1. The van der Waals surface area contributed by atoms with E-state index >= 15 is 0 Å². The predicted molar refractivity (Wildman–Crippen MR) is 117 cm³/mol. The van der Waals surface area contributed by atoms with Crippen LogP contribution >= 0.6 is 11.3 Å². The van der Waals surface area contributed by atoms with Gasteiger partial charge in [-0.2, -0.15) is 0 Å². The maximum Gasteiger partial charge on any atom is 0.260 e. The number of carbonyl (C=O) groups excluding carboxylic acids is 1. The number of methoxy groups -OCH3 is 1. The molecule has 0 aliphatic rings. The fourth-order valence-electron chi connectivity index (χ4n) is 3.11. The van der Waals surface area contributed by atoms with Crippen molar-refractivity contribution in [3.05, 3.63) is 53.6 Å². The maximum atomic E-state index is 13.3. The first-order valence-corrected chi connectivity index (χ1v) is 10.4. The normalized spacial score (nSPS) is 11.2. The minimum Gasteiger partial charge on any atom is -0.494 e. The van der Waals surface area contributed by atoms with Crippen molar-refractivity contribution in [3.63, 3.8) is 0 Å². The Kier molecular flexibility index (Phi) is 6.65. The summed E-state index contributed by atoms with van der Waals surface area (Å²) < 4.78 is 6.46. The second-order valence-electron chi connectivity index (χ2n) is 6.65. The van der Waals surface area contributed by atoms with Crippen molar-refractivity contribution in [2.24, 2.45) is 0 Å². The predicted octanol–water partition coefficient (Wildman–Crippen LogP) is 4.60. The van der Waals surface area contributed by atoms with Crippen molar-refractivity contribution in [1.82, 2.24) is 9.88 Å². The summed E-state index contributed by atoms with van der Waals surface area (Å²) in [6.07, 6.45) is 0. The molecule has 28 heavy (non-hydrogen) atoms. The molecule has 3 rings (SSSR count). The molecule has 3 aromatic rings. The fraction of sp³-hybridized carbons (Fsp3) is 0.364. The molecule has 5 nitrogen and oxygen atoms in total. The van der Waals surface area contributed by atoms with Crippen LogP contribution in [0.1, 0.15) is 29.8 Å². The molecule has 1 amide bonds. The van der Waals surface area contributed by atoms with Crippen LogP contribution < -0.4 is 9.64 Å². The highest BCUT2D eigenvalue weighted by Crippen LogP contribution is 2.34. The van der Waals surface area contributed by atoms with Gasteiger partial charge in [-0.25, -0.2) is 4.98 Å². The second kappa shape index (κ2) is 9.17. The highest BCUT2D eigenvalue weighted by atomic mass is 32.1. The number of para-hydroxylation sites is 1. The number of likely N-dealkylation sites (N-methyl/N-ethyl adjacent to an activating group) is 1. The molecule has 0 N–H and O–H groups in total. The quantitative estimate of drug-likeness (QED) is 0.557. The first-order valence-electron chi connectivity index (χ1n) is 9.61. The van der Waals surface area contributed by atoms with Gasteiger partial charge in [-0.15, -0.1) is 0 Å². The van der Waals surface area contributed by atoms with E-state index in [9.17, 15) is 4.79 Å². The van der Waals surface area contributed by atoms with E-state index in [0.717, 1.165) is 41.2 Å². The number of aromatic nitrogens is 1. The maximum absolute atomic E-state index is 13.3. The standard InChI is InChI=1S/C22H27N3O2S/c1-5-24(6-2)14-15-25(21(26)17-12-10-16(3)11-13-17)22-23-20-18(27-4)8-7-9-19(20)28-22/h7-13H,5-6,14-15H2,1-4H3. The number of carbonyl (C=O) groups is 1. The van der Waals surface area contributed by atoms with Gasteiger partial charge >= 0.3 is 0 Å². The van der Waals surface area contributed by atoms with Gasteiger partial charge in [0, 0.05) is 18.7 Å².